The molecule has 2 amide bonds. The van der Waals surface area contributed by atoms with E-state index in [4.69, 9.17) is 16.3 Å². The summed E-state index contributed by atoms with van der Waals surface area (Å²) in [4.78, 5) is 23.1. The number of hydrogen-bond acceptors (Lipinski definition) is 4. The number of halogens is 1. The highest BCUT2D eigenvalue weighted by Gasteiger charge is 2.04. The van der Waals surface area contributed by atoms with Gasteiger partial charge in [-0.2, -0.15) is 0 Å². The van der Waals surface area contributed by atoms with Gasteiger partial charge in [-0.05, 0) is 30.7 Å². The van der Waals surface area contributed by atoms with Gasteiger partial charge in [-0.3, -0.25) is 9.59 Å². The highest BCUT2D eigenvalue weighted by Crippen LogP contribution is 2.13. The van der Waals surface area contributed by atoms with Crippen LogP contribution in [0.2, 0.25) is 5.02 Å². The van der Waals surface area contributed by atoms with Gasteiger partial charge in [0, 0.05) is 37.3 Å². The van der Waals surface area contributed by atoms with Crippen LogP contribution in [0.5, 0.6) is 0 Å². The molecule has 0 aliphatic rings. The van der Waals surface area contributed by atoms with Crippen molar-refractivity contribution < 1.29 is 14.3 Å². The fraction of sp³-hybridized carbons (Fsp3) is 0.467. The molecule has 0 aromatic heterocycles. The van der Waals surface area contributed by atoms with E-state index in [2.05, 4.69) is 16.0 Å². The molecule has 0 atom stereocenters. The van der Waals surface area contributed by atoms with Crippen LogP contribution in [0.3, 0.4) is 0 Å². The third kappa shape index (κ3) is 8.61. The van der Waals surface area contributed by atoms with Crippen LogP contribution >= 0.6 is 11.6 Å². The topological polar surface area (TPSA) is 79.5 Å². The number of amides is 2. The van der Waals surface area contributed by atoms with Gasteiger partial charge in [0.25, 0.3) is 0 Å². The van der Waals surface area contributed by atoms with E-state index in [1.807, 2.05) is 0 Å². The van der Waals surface area contributed by atoms with Crippen molar-refractivity contribution in [3.8, 4) is 0 Å². The lowest BCUT2D eigenvalue weighted by Gasteiger charge is -2.07. The Morgan fingerprint density at radius 2 is 1.86 bits per heavy atom. The fourth-order valence-corrected chi connectivity index (χ4v) is 1.80. The Balaban J connectivity index is 2.07. The predicted octanol–water partition coefficient (Wildman–Crippen LogP) is 1.41. The van der Waals surface area contributed by atoms with Crippen LogP contribution in [-0.4, -0.2) is 45.2 Å². The number of methoxy groups -OCH3 is 1. The van der Waals surface area contributed by atoms with Crippen LogP contribution in [-0.2, 0) is 14.3 Å². The standard InChI is InChI=1S/C15H22ClN3O3/c1-22-10-9-17-11-15(21)18-8-2-3-14(20)19-13-6-4-12(16)5-7-13/h4-7,17H,2-3,8-11H2,1H3,(H,18,21)(H,19,20). The first kappa shape index (κ1) is 18.4. The zero-order chi connectivity index (χ0) is 16.2. The van der Waals surface area contributed by atoms with Crippen molar-refractivity contribution in [2.75, 3.05) is 38.7 Å². The lowest BCUT2D eigenvalue weighted by Crippen LogP contribution is -2.35. The summed E-state index contributed by atoms with van der Waals surface area (Å²) in [5.41, 5.74) is 0.709. The molecule has 0 fully saturated rings. The predicted molar refractivity (Wildman–Crippen MR) is 87.1 cm³/mol. The van der Waals surface area contributed by atoms with Crippen molar-refractivity contribution in [1.29, 1.82) is 0 Å². The van der Waals surface area contributed by atoms with Crippen LogP contribution in [0.15, 0.2) is 24.3 Å². The molecule has 0 saturated carbocycles. The van der Waals surface area contributed by atoms with E-state index in [0.29, 0.717) is 43.2 Å². The van der Waals surface area contributed by atoms with E-state index in [1.54, 1.807) is 31.4 Å². The second kappa shape index (κ2) is 11.0. The summed E-state index contributed by atoms with van der Waals surface area (Å²) < 4.78 is 4.86. The molecule has 0 heterocycles. The number of anilines is 1. The largest absolute Gasteiger partial charge is 0.383 e. The number of hydrogen-bond donors (Lipinski definition) is 3. The maximum atomic E-state index is 11.7. The Morgan fingerprint density at radius 3 is 2.55 bits per heavy atom. The van der Waals surface area contributed by atoms with Gasteiger partial charge in [0.15, 0.2) is 0 Å². The summed E-state index contributed by atoms with van der Waals surface area (Å²) in [6, 6.07) is 6.92. The minimum absolute atomic E-state index is 0.0882. The molecule has 7 heteroatoms. The molecular formula is C15H22ClN3O3. The Hall–Kier alpha value is -1.63. The summed E-state index contributed by atoms with van der Waals surface area (Å²) in [5.74, 6) is -0.177. The Morgan fingerprint density at radius 1 is 1.14 bits per heavy atom. The van der Waals surface area contributed by atoms with Gasteiger partial charge in [-0.1, -0.05) is 11.6 Å². The molecule has 0 bridgehead atoms. The summed E-state index contributed by atoms with van der Waals surface area (Å²) in [5, 5.41) is 9.09. The van der Waals surface area contributed by atoms with Gasteiger partial charge < -0.3 is 20.7 Å². The Labute approximate surface area is 135 Å². The molecule has 3 N–H and O–H groups in total. The average molecular weight is 328 g/mol. The summed E-state index contributed by atoms with van der Waals surface area (Å²) in [7, 11) is 1.61. The zero-order valence-electron chi connectivity index (χ0n) is 12.7. The first-order valence-electron chi connectivity index (χ1n) is 7.13. The molecule has 0 aliphatic heterocycles. The third-order valence-electron chi connectivity index (χ3n) is 2.80. The number of nitrogens with one attached hydrogen (secondary N) is 3. The lowest BCUT2D eigenvalue weighted by molar-refractivity contribution is -0.120. The quantitative estimate of drug-likeness (QED) is 0.568. The smallest absolute Gasteiger partial charge is 0.233 e. The number of carbonyl (C=O) groups excluding carboxylic acids is 2. The van der Waals surface area contributed by atoms with Crippen LogP contribution in [0.1, 0.15) is 12.8 Å². The number of carbonyl (C=O) groups is 2. The molecule has 0 radical (unpaired) electrons. The minimum Gasteiger partial charge on any atom is -0.383 e. The number of ether oxygens (including phenoxy) is 1. The fourth-order valence-electron chi connectivity index (χ4n) is 1.67. The molecule has 0 spiro atoms. The minimum atomic E-state index is -0.0887. The molecule has 1 rings (SSSR count). The third-order valence-corrected chi connectivity index (χ3v) is 3.05. The molecular weight excluding hydrogens is 306 g/mol. The van der Waals surface area contributed by atoms with Crippen LogP contribution in [0.25, 0.3) is 0 Å². The summed E-state index contributed by atoms with van der Waals surface area (Å²) in [6.45, 7) is 1.92. The van der Waals surface area contributed by atoms with E-state index in [-0.39, 0.29) is 18.4 Å². The second-order valence-corrected chi connectivity index (χ2v) is 5.11. The van der Waals surface area contributed by atoms with Crippen LogP contribution < -0.4 is 16.0 Å². The summed E-state index contributed by atoms with van der Waals surface area (Å²) in [6.07, 6.45) is 0.934. The molecule has 22 heavy (non-hydrogen) atoms. The summed E-state index contributed by atoms with van der Waals surface area (Å²) >= 11 is 5.77. The lowest BCUT2D eigenvalue weighted by atomic mass is 10.2. The Kier molecular flexibility index (Phi) is 9.21. The van der Waals surface area contributed by atoms with Gasteiger partial charge in [0.05, 0.1) is 13.2 Å². The average Bonchev–Trinajstić information content (AvgIpc) is 2.50. The maximum Gasteiger partial charge on any atom is 0.233 e. The zero-order valence-corrected chi connectivity index (χ0v) is 13.4. The molecule has 0 saturated heterocycles. The van der Waals surface area contributed by atoms with Gasteiger partial charge >= 0.3 is 0 Å². The Bertz CT molecular complexity index is 466. The number of rotatable bonds is 10. The first-order chi connectivity index (χ1) is 10.6. The molecule has 122 valence electrons. The second-order valence-electron chi connectivity index (χ2n) is 4.68. The molecule has 0 aliphatic carbocycles. The van der Waals surface area contributed by atoms with Crippen LogP contribution in [0, 0.1) is 0 Å². The van der Waals surface area contributed by atoms with Crippen molar-refractivity contribution in [2.45, 2.75) is 12.8 Å². The van der Waals surface area contributed by atoms with E-state index in [9.17, 15) is 9.59 Å². The van der Waals surface area contributed by atoms with Gasteiger partial charge in [-0.25, -0.2) is 0 Å². The van der Waals surface area contributed by atoms with Crippen molar-refractivity contribution >= 4 is 29.1 Å². The van der Waals surface area contributed by atoms with Gasteiger partial charge in [0.2, 0.25) is 11.8 Å². The van der Waals surface area contributed by atoms with Gasteiger partial charge in [0.1, 0.15) is 0 Å². The van der Waals surface area contributed by atoms with Gasteiger partial charge in [-0.15, -0.1) is 0 Å². The molecule has 1 aromatic carbocycles. The van der Waals surface area contributed by atoms with E-state index < -0.39 is 0 Å². The molecule has 0 unspecified atom stereocenters. The number of benzene rings is 1. The normalized spacial score (nSPS) is 10.3. The van der Waals surface area contributed by atoms with Crippen molar-refractivity contribution in [2.24, 2.45) is 0 Å². The first-order valence-corrected chi connectivity index (χ1v) is 7.51. The van der Waals surface area contributed by atoms with Crippen molar-refractivity contribution in [1.82, 2.24) is 10.6 Å². The SMILES string of the molecule is COCCNCC(=O)NCCCC(=O)Nc1ccc(Cl)cc1. The highest BCUT2D eigenvalue weighted by molar-refractivity contribution is 6.30. The molecule has 1 aromatic rings. The highest BCUT2D eigenvalue weighted by atomic mass is 35.5. The molecule has 6 nitrogen and oxygen atoms in total. The van der Waals surface area contributed by atoms with E-state index >= 15 is 0 Å². The van der Waals surface area contributed by atoms with E-state index in [0.717, 1.165) is 0 Å². The maximum absolute atomic E-state index is 11.7. The van der Waals surface area contributed by atoms with Crippen LogP contribution in [0.4, 0.5) is 5.69 Å². The monoisotopic (exact) mass is 327 g/mol. The van der Waals surface area contributed by atoms with Crippen molar-refractivity contribution in [3.05, 3.63) is 29.3 Å². The van der Waals surface area contributed by atoms with Crippen molar-refractivity contribution in [3.63, 3.8) is 0 Å². The van der Waals surface area contributed by atoms with E-state index in [1.165, 1.54) is 0 Å².